The Hall–Kier alpha value is -1.95. The predicted octanol–water partition coefficient (Wildman–Crippen LogP) is 6.28. The summed E-state index contributed by atoms with van der Waals surface area (Å²) in [4.78, 5) is 28.1. The standard InChI is InChI=1S/C25H29Cl3N2O3/c1-2-23(25(32)29-20-8-4-3-5-9-20)30(15-17-11-12-19(27)14-22(17)28)24(31)16-33-21-10-6-7-18(26)13-21/h6-7,10-14,20,23H,2-5,8-9,15-16H2,1H3,(H,29,32)/t23-/m1/s1. The molecule has 8 heteroatoms. The molecule has 0 heterocycles. The Morgan fingerprint density at radius 3 is 2.45 bits per heavy atom. The van der Waals surface area contributed by atoms with Gasteiger partial charge in [0, 0.05) is 27.7 Å². The Labute approximate surface area is 210 Å². The van der Waals surface area contributed by atoms with Crippen molar-refractivity contribution in [3.8, 4) is 5.75 Å². The third kappa shape index (κ3) is 7.53. The fourth-order valence-electron chi connectivity index (χ4n) is 4.08. The molecule has 1 atom stereocenters. The van der Waals surface area contributed by atoms with E-state index < -0.39 is 6.04 Å². The van der Waals surface area contributed by atoms with Crippen LogP contribution in [0, 0.1) is 0 Å². The monoisotopic (exact) mass is 510 g/mol. The molecular weight excluding hydrogens is 483 g/mol. The SMILES string of the molecule is CC[C@H](C(=O)NC1CCCCC1)N(Cc1ccc(Cl)cc1Cl)C(=O)COc1cccc(Cl)c1. The Morgan fingerprint density at radius 2 is 1.79 bits per heavy atom. The van der Waals surface area contributed by atoms with Gasteiger partial charge in [0.1, 0.15) is 11.8 Å². The number of hydrogen-bond acceptors (Lipinski definition) is 3. The molecule has 1 saturated carbocycles. The van der Waals surface area contributed by atoms with Gasteiger partial charge in [0.2, 0.25) is 5.91 Å². The van der Waals surface area contributed by atoms with Gasteiger partial charge in [-0.15, -0.1) is 0 Å². The van der Waals surface area contributed by atoms with E-state index in [2.05, 4.69) is 5.32 Å². The minimum absolute atomic E-state index is 0.148. The number of rotatable bonds is 9. The molecule has 0 aliphatic heterocycles. The summed E-state index contributed by atoms with van der Waals surface area (Å²) >= 11 is 18.4. The number of benzene rings is 2. The van der Waals surface area contributed by atoms with Gasteiger partial charge in [0.25, 0.3) is 5.91 Å². The average molecular weight is 512 g/mol. The molecule has 3 rings (SSSR count). The fraction of sp³-hybridized carbons (Fsp3) is 0.440. The summed E-state index contributed by atoms with van der Waals surface area (Å²) in [6, 6.07) is 11.5. The third-order valence-corrected chi connectivity index (χ3v) is 6.67. The normalized spacial score (nSPS) is 15.0. The minimum Gasteiger partial charge on any atom is -0.484 e. The predicted molar refractivity (Wildman–Crippen MR) is 133 cm³/mol. The summed E-state index contributed by atoms with van der Waals surface area (Å²) < 4.78 is 5.68. The largest absolute Gasteiger partial charge is 0.484 e. The molecule has 2 aromatic rings. The smallest absolute Gasteiger partial charge is 0.261 e. The van der Waals surface area contributed by atoms with Crippen molar-refractivity contribution in [2.45, 2.75) is 64.1 Å². The van der Waals surface area contributed by atoms with Crippen LogP contribution in [0.4, 0.5) is 0 Å². The number of hydrogen-bond donors (Lipinski definition) is 1. The fourth-order valence-corrected chi connectivity index (χ4v) is 4.73. The third-order valence-electron chi connectivity index (χ3n) is 5.85. The summed E-state index contributed by atoms with van der Waals surface area (Å²) in [5.41, 5.74) is 0.709. The summed E-state index contributed by atoms with van der Waals surface area (Å²) in [6.07, 6.45) is 5.82. The van der Waals surface area contributed by atoms with Crippen LogP contribution in [-0.2, 0) is 16.1 Å². The van der Waals surface area contributed by atoms with Crippen molar-refractivity contribution in [2.24, 2.45) is 0 Å². The number of ether oxygens (including phenoxy) is 1. The Morgan fingerprint density at radius 1 is 1.06 bits per heavy atom. The number of nitrogens with one attached hydrogen (secondary N) is 1. The lowest BCUT2D eigenvalue weighted by Gasteiger charge is -2.33. The second-order valence-corrected chi connectivity index (χ2v) is 9.55. The van der Waals surface area contributed by atoms with Crippen molar-refractivity contribution in [3.63, 3.8) is 0 Å². The first-order chi connectivity index (χ1) is 15.9. The van der Waals surface area contributed by atoms with Crippen LogP contribution < -0.4 is 10.1 Å². The van der Waals surface area contributed by atoms with E-state index in [1.807, 2.05) is 6.92 Å². The van der Waals surface area contributed by atoms with Crippen molar-refractivity contribution in [1.29, 1.82) is 0 Å². The quantitative estimate of drug-likeness (QED) is 0.431. The van der Waals surface area contributed by atoms with Crippen LogP contribution in [0.5, 0.6) is 5.75 Å². The van der Waals surface area contributed by atoms with Gasteiger partial charge < -0.3 is 15.0 Å². The lowest BCUT2D eigenvalue weighted by atomic mass is 9.95. The molecule has 1 fully saturated rings. The maximum Gasteiger partial charge on any atom is 0.261 e. The first kappa shape index (κ1) is 25.7. The van der Waals surface area contributed by atoms with Crippen molar-refractivity contribution in [1.82, 2.24) is 10.2 Å². The van der Waals surface area contributed by atoms with Crippen LogP contribution in [0.25, 0.3) is 0 Å². The van der Waals surface area contributed by atoms with E-state index in [0.29, 0.717) is 32.8 Å². The zero-order valence-electron chi connectivity index (χ0n) is 18.7. The molecule has 5 nitrogen and oxygen atoms in total. The second-order valence-electron chi connectivity index (χ2n) is 8.27. The van der Waals surface area contributed by atoms with Crippen molar-refractivity contribution >= 4 is 46.6 Å². The van der Waals surface area contributed by atoms with E-state index in [1.54, 1.807) is 42.5 Å². The zero-order valence-corrected chi connectivity index (χ0v) is 20.9. The van der Waals surface area contributed by atoms with Crippen LogP contribution in [0.3, 0.4) is 0 Å². The van der Waals surface area contributed by atoms with Crippen molar-refractivity contribution in [2.75, 3.05) is 6.61 Å². The summed E-state index contributed by atoms with van der Waals surface area (Å²) in [7, 11) is 0. The lowest BCUT2D eigenvalue weighted by Crippen LogP contribution is -2.52. The Bertz CT molecular complexity index is 964. The average Bonchev–Trinajstić information content (AvgIpc) is 2.79. The van der Waals surface area contributed by atoms with E-state index in [0.717, 1.165) is 25.7 Å². The topological polar surface area (TPSA) is 58.6 Å². The molecule has 0 spiro atoms. The highest BCUT2D eigenvalue weighted by molar-refractivity contribution is 6.35. The van der Waals surface area contributed by atoms with E-state index in [-0.39, 0.29) is 31.0 Å². The summed E-state index contributed by atoms with van der Waals surface area (Å²) in [5, 5.41) is 4.62. The molecule has 33 heavy (non-hydrogen) atoms. The number of amides is 2. The van der Waals surface area contributed by atoms with Gasteiger partial charge >= 0.3 is 0 Å². The molecule has 0 aromatic heterocycles. The van der Waals surface area contributed by atoms with Gasteiger partial charge in [-0.25, -0.2) is 0 Å². The molecule has 2 aromatic carbocycles. The summed E-state index contributed by atoms with van der Waals surface area (Å²) in [5.74, 6) is 0.0252. The lowest BCUT2D eigenvalue weighted by molar-refractivity contribution is -0.143. The van der Waals surface area contributed by atoms with Crippen molar-refractivity contribution in [3.05, 3.63) is 63.1 Å². The van der Waals surface area contributed by atoms with Crippen LogP contribution in [-0.4, -0.2) is 35.4 Å². The van der Waals surface area contributed by atoms with E-state index in [9.17, 15) is 9.59 Å². The molecule has 1 aliphatic carbocycles. The number of nitrogens with zero attached hydrogens (tertiary/aromatic N) is 1. The number of carbonyl (C=O) groups is 2. The van der Waals surface area contributed by atoms with Crippen LogP contribution >= 0.6 is 34.8 Å². The van der Waals surface area contributed by atoms with E-state index in [1.165, 1.54) is 11.3 Å². The van der Waals surface area contributed by atoms with E-state index in [4.69, 9.17) is 39.5 Å². The highest BCUT2D eigenvalue weighted by Crippen LogP contribution is 2.25. The number of carbonyl (C=O) groups excluding carboxylic acids is 2. The van der Waals surface area contributed by atoms with Crippen LogP contribution in [0.1, 0.15) is 51.0 Å². The highest BCUT2D eigenvalue weighted by Gasteiger charge is 2.31. The first-order valence-electron chi connectivity index (χ1n) is 11.3. The molecule has 2 amide bonds. The summed E-state index contributed by atoms with van der Waals surface area (Å²) in [6.45, 7) is 1.84. The molecule has 0 radical (unpaired) electrons. The Kier molecular flexibility index (Phi) is 9.72. The van der Waals surface area contributed by atoms with Gasteiger partial charge in [-0.05, 0) is 55.2 Å². The minimum atomic E-state index is -0.644. The molecule has 1 N–H and O–H groups in total. The first-order valence-corrected chi connectivity index (χ1v) is 12.4. The number of halogens is 3. The molecule has 178 valence electrons. The van der Waals surface area contributed by atoms with Crippen LogP contribution in [0.2, 0.25) is 15.1 Å². The van der Waals surface area contributed by atoms with Crippen LogP contribution in [0.15, 0.2) is 42.5 Å². The van der Waals surface area contributed by atoms with E-state index >= 15 is 0 Å². The maximum absolute atomic E-state index is 13.3. The zero-order chi connectivity index (χ0) is 23.8. The van der Waals surface area contributed by atoms with Gasteiger partial charge in [-0.2, -0.15) is 0 Å². The van der Waals surface area contributed by atoms with Gasteiger partial charge in [-0.3, -0.25) is 9.59 Å². The highest BCUT2D eigenvalue weighted by atomic mass is 35.5. The Balaban J connectivity index is 1.78. The molecule has 0 bridgehead atoms. The second kappa shape index (κ2) is 12.5. The van der Waals surface area contributed by atoms with Gasteiger partial charge in [-0.1, -0.05) is 73.1 Å². The molecule has 0 unspecified atom stereocenters. The maximum atomic E-state index is 13.3. The molecule has 0 saturated heterocycles. The van der Waals surface area contributed by atoms with Gasteiger partial charge in [0.05, 0.1) is 0 Å². The van der Waals surface area contributed by atoms with Crippen molar-refractivity contribution < 1.29 is 14.3 Å². The molecule has 1 aliphatic rings. The molecular formula is C25H29Cl3N2O3. The van der Waals surface area contributed by atoms with Gasteiger partial charge in [0.15, 0.2) is 6.61 Å².